The van der Waals surface area contributed by atoms with Gasteiger partial charge in [-0.05, 0) is 30.3 Å². The Kier molecular flexibility index (Phi) is 3.53. The SMILES string of the molecule is CC(C)(C)[Si](C)(C)OC[C@H]1O[C@@H]2C=CC(=O)[C@H]1O2. The van der Waals surface area contributed by atoms with Gasteiger partial charge in [0.25, 0.3) is 0 Å². The lowest BCUT2D eigenvalue weighted by Crippen LogP contribution is -2.44. The van der Waals surface area contributed by atoms with Gasteiger partial charge in [-0.3, -0.25) is 4.79 Å². The van der Waals surface area contributed by atoms with Crippen molar-refractivity contribution in [3.63, 3.8) is 0 Å². The van der Waals surface area contributed by atoms with Crippen molar-refractivity contribution in [1.29, 1.82) is 0 Å². The molecule has 0 N–H and O–H groups in total. The maximum Gasteiger partial charge on any atom is 0.192 e. The predicted octanol–water partition coefficient (Wildman–Crippen LogP) is 2.26. The van der Waals surface area contributed by atoms with Crippen molar-refractivity contribution >= 4 is 14.1 Å². The largest absolute Gasteiger partial charge is 0.414 e. The van der Waals surface area contributed by atoms with Crippen LogP contribution in [-0.4, -0.2) is 39.2 Å². The smallest absolute Gasteiger partial charge is 0.192 e. The number of hydrogen-bond acceptors (Lipinski definition) is 4. The van der Waals surface area contributed by atoms with E-state index in [9.17, 15) is 4.79 Å². The van der Waals surface area contributed by atoms with Gasteiger partial charge in [0.1, 0.15) is 6.10 Å². The van der Waals surface area contributed by atoms with Crippen molar-refractivity contribution in [1.82, 2.24) is 0 Å². The van der Waals surface area contributed by atoms with Crippen LogP contribution < -0.4 is 0 Å². The first-order valence-corrected chi connectivity index (χ1v) is 9.28. The maximum absolute atomic E-state index is 11.6. The Morgan fingerprint density at radius 2 is 2.00 bits per heavy atom. The third-order valence-corrected chi connectivity index (χ3v) is 8.54. The van der Waals surface area contributed by atoms with Crippen LogP contribution in [0.1, 0.15) is 20.8 Å². The lowest BCUT2D eigenvalue weighted by molar-refractivity contribution is -0.126. The quantitative estimate of drug-likeness (QED) is 0.738. The van der Waals surface area contributed by atoms with Gasteiger partial charge in [0.2, 0.25) is 0 Å². The molecule has 3 atom stereocenters. The van der Waals surface area contributed by atoms with Crippen molar-refractivity contribution in [2.75, 3.05) is 6.61 Å². The van der Waals surface area contributed by atoms with Gasteiger partial charge in [-0.1, -0.05) is 20.8 Å². The van der Waals surface area contributed by atoms with E-state index in [1.54, 1.807) is 12.2 Å². The van der Waals surface area contributed by atoms with Gasteiger partial charge in [0.15, 0.2) is 26.5 Å². The second kappa shape index (κ2) is 4.56. The molecule has 0 aromatic rings. The topological polar surface area (TPSA) is 44.8 Å². The van der Waals surface area contributed by atoms with Crippen LogP contribution >= 0.6 is 0 Å². The van der Waals surface area contributed by atoms with Gasteiger partial charge in [-0.2, -0.15) is 0 Å². The number of ketones is 1. The van der Waals surface area contributed by atoms with Gasteiger partial charge in [-0.25, -0.2) is 0 Å². The van der Waals surface area contributed by atoms with Crippen LogP contribution in [0, 0.1) is 0 Å². The minimum atomic E-state index is -1.81. The molecule has 4 nitrogen and oxygen atoms in total. The van der Waals surface area contributed by atoms with Crippen LogP contribution in [0.4, 0.5) is 0 Å². The van der Waals surface area contributed by atoms with Crippen molar-refractivity contribution in [3.8, 4) is 0 Å². The third kappa shape index (κ3) is 2.59. The summed E-state index contributed by atoms with van der Waals surface area (Å²) in [6, 6.07) is 0. The second-order valence-electron chi connectivity index (χ2n) is 6.43. The number of fused-ring (bicyclic) bond motifs is 2. The predicted molar refractivity (Wildman–Crippen MR) is 70.8 cm³/mol. The first-order valence-electron chi connectivity index (χ1n) is 6.38. The zero-order valence-corrected chi connectivity index (χ0v) is 12.7. The van der Waals surface area contributed by atoms with Crippen molar-refractivity contribution in [2.24, 2.45) is 0 Å². The summed E-state index contributed by atoms with van der Waals surface area (Å²) >= 11 is 0. The van der Waals surface area contributed by atoms with Crippen LogP contribution in [0.15, 0.2) is 12.2 Å². The van der Waals surface area contributed by atoms with Crippen LogP contribution in [-0.2, 0) is 18.7 Å². The van der Waals surface area contributed by atoms with Gasteiger partial charge in [0.05, 0.1) is 6.61 Å². The molecule has 2 heterocycles. The second-order valence-corrected chi connectivity index (χ2v) is 11.2. The van der Waals surface area contributed by atoms with Crippen LogP contribution in [0.2, 0.25) is 18.1 Å². The number of rotatable bonds is 3. The number of carbonyl (C=O) groups excluding carboxylic acids is 1. The van der Waals surface area contributed by atoms with Crippen molar-refractivity contribution in [3.05, 3.63) is 12.2 Å². The number of carbonyl (C=O) groups is 1. The molecular formula is C13H22O4Si. The summed E-state index contributed by atoms with van der Waals surface area (Å²) in [5.74, 6) is -0.0208. The molecule has 0 aromatic heterocycles. The highest BCUT2D eigenvalue weighted by Crippen LogP contribution is 2.37. The fourth-order valence-corrected chi connectivity index (χ4v) is 2.76. The Balaban J connectivity index is 1.95. The Morgan fingerprint density at radius 3 is 2.61 bits per heavy atom. The summed E-state index contributed by atoms with van der Waals surface area (Å²) in [6.07, 6.45) is 2.08. The average molecular weight is 270 g/mol. The number of hydrogen-bond donors (Lipinski definition) is 0. The third-order valence-electron chi connectivity index (χ3n) is 4.04. The molecule has 1 saturated heterocycles. The fourth-order valence-electron chi connectivity index (χ4n) is 1.75. The Bertz CT molecular complexity index is 370. The molecule has 102 valence electrons. The highest BCUT2D eigenvalue weighted by Gasteiger charge is 2.44. The Hall–Kier alpha value is -0.493. The van der Waals surface area contributed by atoms with E-state index in [4.69, 9.17) is 13.9 Å². The molecule has 2 aliphatic rings. The molecule has 0 amide bonds. The molecule has 0 aromatic carbocycles. The monoisotopic (exact) mass is 270 g/mol. The average Bonchev–Trinajstić information content (AvgIpc) is 2.59. The molecule has 5 heteroatoms. The van der Waals surface area contributed by atoms with E-state index < -0.39 is 14.4 Å². The lowest BCUT2D eigenvalue weighted by atomic mass is 10.1. The van der Waals surface area contributed by atoms with E-state index in [0.29, 0.717) is 6.61 Å². The summed E-state index contributed by atoms with van der Waals surface area (Å²) < 4.78 is 17.2. The fraction of sp³-hybridized carbons (Fsp3) is 0.769. The Morgan fingerprint density at radius 1 is 1.33 bits per heavy atom. The van der Waals surface area contributed by atoms with Gasteiger partial charge in [-0.15, -0.1) is 0 Å². The number of ether oxygens (including phenoxy) is 2. The van der Waals surface area contributed by atoms with E-state index in [0.717, 1.165) is 0 Å². The van der Waals surface area contributed by atoms with Gasteiger partial charge >= 0.3 is 0 Å². The highest BCUT2D eigenvalue weighted by molar-refractivity contribution is 6.74. The van der Waals surface area contributed by atoms with Crippen LogP contribution in [0.25, 0.3) is 0 Å². The summed E-state index contributed by atoms with van der Waals surface area (Å²) in [5.41, 5.74) is 0. The summed E-state index contributed by atoms with van der Waals surface area (Å²) in [4.78, 5) is 11.6. The molecule has 2 rings (SSSR count). The van der Waals surface area contributed by atoms with E-state index in [2.05, 4.69) is 33.9 Å². The molecule has 0 saturated carbocycles. The van der Waals surface area contributed by atoms with Crippen LogP contribution in [0.3, 0.4) is 0 Å². The molecule has 0 unspecified atom stereocenters. The molecule has 18 heavy (non-hydrogen) atoms. The molecule has 2 bridgehead atoms. The zero-order valence-electron chi connectivity index (χ0n) is 11.7. The first-order chi connectivity index (χ1) is 8.21. The highest BCUT2D eigenvalue weighted by atomic mass is 28.4. The standard InChI is InChI=1S/C13H22O4Si/c1-13(2,3)18(4,5)15-8-10-12-9(14)6-7-11(16-10)17-12/h6-7,10-12H,8H2,1-5H3/t10-,11+,12-/m1/s1. The van der Waals surface area contributed by atoms with Gasteiger partial charge < -0.3 is 13.9 Å². The van der Waals surface area contributed by atoms with E-state index >= 15 is 0 Å². The van der Waals surface area contributed by atoms with Crippen molar-refractivity contribution < 1.29 is 18.7 Å². The summed E-state index contributed by atoms with van der Waals surface area (Å²) in [7, 11) is -1.81. The zero-order chi connectivity index (χ0) is 13.6. The van der Waals surface area contributed by atoms with E-state index in [-0.39, 0.29) is 23.2 Å². The van der Waals surface area contributed by atoms with Crippen LogP contribution in [0.5, 0.6) is 0 Å². The molecule has 0 aliphatic carbocycles. The molecule has 0 radical (unpaired) electrons. The minimum absolute atomic E-state index is 0.0208. The minimum Gasteiger partial charge on any atom is -0.414 e. The molecule has 1 fully saturated rings. The molecule has 0 spiro atoms. The summed E-state index contributed by atoms with van der Waals surface area (Å²) in [5, 5.41) is 0.157. The summed E-state index contributed by atoms with van der Waals surface area (Å²) in [6.45, 7) is 11.4. The van der Waals surface area contributed by atoms with Crippen molar-refractivity contribution in [2.45, 2.75) is 57.4 Å². The maximum atomic E-state index is 11.6. The van der Waals surface area contributed by atoms with E-state index in [1.165, 1.54) is 0 Å². The normalized spacial score (nSPS) is 32.1. The van der Waals surface area contributed by atoms with Gasteiger partial charge in [0, 0.05) is 0 Å². The lowest BCUT2D eigenvalue weighted by Gasteiger charge is -2.37. The Labute approximate surface area is 109 Å². The van der Waals surface area contributed by atoms with E-state index in [1.807, 2.05) is 0 Å². The molecule has 2 aliphatic heterocycles. The first kappa shape index (κ1) is 13.9. The molecular weight excluding hydrogens is 248 g/mol.